The number of methoxy groups -OCH3 is 1. The molecule has 2 rings (SSSR count). The van der Waals surface area contributed by atoms with Gasteiger partial charge in [-0.3, -0.25) is 0 Å². The maximum atomic E-state index is 9.97. The minimum absolute atomic E-state index is 0.169. The van der Waals surface area contributed by atoms with Crippen molar-refractivity contribution in [3.05, 3.63) is 59.7 Å². The number of hydrogen-bond acceptors (Lipinski definition) is 2. The lowest BCUT2D eigenvalue weighted by Crippen LogP contribution is -1.96. The maximum absolute atomic E-state index is 9.97. The van der Waals surface area contributed by atoms with Crippen molar-refractivity contribution < 1.29 is 9.84 Å². The molecule has 0 heterocycles. The first-order valence-corrected chi connectivity index (χ1v) is 5.64. The van der Waals surface area contributed by atoms with Gasteiger partial charge >= 0.3 is 0 Å². The van der Waals surface area contributed by atoms with Gasteiger partial charge in [0.2, 0.25) is 0 Å². The van der Waals surface area contributed by atoms with Crippen LogP contribution in [-0.2, 0) is 0 Å². The first-order valence-electron chi connectivity index (χ1n) is 5.64. The Morgan fingerprint density at radius 1 is 1.06 bits per heavy atom. The van der Waals surface area contributed by atoms with Crippen molar-refractivity contribution in [1.29, 1.82) is 0 Å². The van der Waals surface area contributed by atoms with E-state index in [1.807, 2.05) is 30.3 Å². The molecule has 0 aliphatic rings. The number of phenols is 1. The van der Waals surface area contributed by atoms with Gasteiger partial charge < -0.3 is 9.84 Å². The summed E-state index contributed by atoms with van der Waals surface area (Å²) in [7, 11) is 1.59. The number of phenolic OH excluding ortho intramolecular Hbond substituents is 1. The van der Waals surface area contributed by atoms with Gasteiger partial charge in [0.15, 0.2) is 0 Å². The number of aromatic hydroxyl groups is 1. The number of hydrogen-bond donors (Lipinski definition) is 1. The molecule has 0 aromatic heterocycles. The Morgan fingerprint density at radius 2 is 1.76 bits per heavy atom. The molecule has 0 radical (unpaired) electrons. The number of rotatable bonds is 3. The molecule has 2 heteroatoms. The van der Waals surface area contributed by atoms with Crippen LogP contribution < -0.4 is 4.74 Å². The van der Waals surface area contributed by atoms with Crippen LogP contribution >= 0.6 is 0 Å². The Bertz CT molecular complexity index is 492. The van der Waals surface area contributed by atoms with E-state index >= 15 is 0 Å². The zero-order chi connectivity index (χ0) is 12.3. The van der Waals surface area contributed by atoms with Crippen LogP contribution in [0.25, 0.3) is 0 Å². The summed E-state index contributed by atoms with van der Waals surface area (Å²) in [6.45, 7) is 2.08. The van der Waals surface area contributed by atoms with Gasteiger partial charge in [0.25, 0.3) is 0 Å². The van der Waals surface area contributed by atoms with E-state index in [2.05, 4.69) is 19.1 Å². The highest BCUT2D eigenvalue weighted by Gasteiger charge is 2.12. The van der Waals surface area contributed by atoms with Crippen molar-refractivity contribution in [2.45, 2.75) is 12.8 Å². The minimum Gasteiger partial charge on any atom is -0.508 e. The number of ether oxygens (including phenoxy) is 1. The van der Waals surface area contributed by atoms with Crippen molar-refractivity contribution >= 4 is 0 Å². The lowest BCUT2D eigenvalue weighted by molar-refractivity contribution is 0.406. The summed E-state index contributed by atoms with van der Waals surface area (Å²) in [5.74, 6) is 1.12. The normalized spacial score (nSPS) is 12.1. The van der Waals surface area contributed by atoms with Crippen molar-refractivity contribution in [2.24, 2.45) is 0 Å². The summed E-state index contributed by atoms with van der Waals surface area (Å²) >= 11 is 0. The van der Waals surface area contributed by atoms with E-state index in [-0.39, 0.29) is 11.7 Å². The Kier molecular flexibility index (Phi) is 3.33. The highest BCUT2D eigenvalue weighted by molar-refractivity contribution is 5.45. The Morgan fingerprint density at radius 3 is 2.35 bits per heavy atom. The predicted octanol–water partition coefficient (Wildman–Crippen LogP) is 3.55. The molecule has 2 aromatic rings. The smallest absolute Gasteiger partial charge is 0.123 e. The molecule has 0 saturated carbocycles. The van der Waals surface area contributed by atoms with E-state index in [0.29, 0.717) is 5.75 Å². The predicted molar refractivity (Wildman–Crippen MR) is 68.6 cm³/mol. The van der Waals surface area contributed by atoms with E-state index < -0.39 is 0 Å². The fraction of sp³-hybridized carbons (Fsp3) is 0.200. The molecule has 0 bridgehead atoms. The molecule has 1 N–H and O–H groups in total. The first kappa shape index (κ1) is 11.5. The Labute approximate surface area is 101 Å². The third-order valence-corrected chi connectivity index (χ3v) is 3.00. The van der Waals surface area contributed by atoms with Gasteiger partial charge in [-0.15, -0.1) is 0 Å². The topological polar surface area (TPSA) is 29.5 Å². The molecular formula is C15H16O2. The van der Waals surface area contributed by atoms with Gasteiger partial charge in [-0.05, 0) is 11.6 Å². The van der Waals surface area contributed by atoms with Crippen LogP contribution in [-0.4, -0.2) is 12.2 Å². The van der Waals surface area contributed by atoms with Crippen molar-refractivity contribution in [3.8, 4) is 11.5 Å². The van der Waals surface area contributed by atoms with Gasteiger partial charge in [-0.2, -0.15) is 0 Å². The molecule has 88 valence electrons. The van der Waals surface area contributed by atoms with Crippen LogP contribution in [0.2, 0.25) is 0 Å². The molecule has 0 amide bonds. The van der Waals surface area contributed by atoms with Crippen LogP contribution in [0.1, 0.15) is 24.0 Å². The molecule has 2 aromatic carbocycles. The van der Waals surface area contributed by atoms with Gasteiger partial charge in [0.1, 0.15) is 11.5 Å². The average molecular weight is 228 g/mol. The van der Waals surface area contributed by atoms with E-state index in [9.17, 15) is 5.11 Å². The lowest BCUT2D eigenvalue weighted by atomic mass is 9.92. The summed E-state index contributed by atoms with van der Waals surface area (Å²) in [5.41, 5.74) is 2.10. The van der Waals surface area contributed by atoms with Gasteiger partial charge in [-0.25, -0.2) is 0 Å². The summed E-state index contributed by atoms with van der Waals surface area (Å²) in [6, 6.07) is 15.6. The quantitative estimate of drug-likeness (QED) is 0.870. The molecule has 17 heavy (non-hydrogen) atoms. The van der Waals surface area contributed by atoms with Gasteiger partial charge in [0.05, 0.1) is 7.11 Å². The van der Waals surface area contributed by atoms with Crippen LogP contribution in [0.4, 0.5) is 0 Å². The molecular weight excluding hydrogens is 212 g/mol. The second-order valence-electron chi connectivity index (χ2n) is 4.06. The molecule has 0 unspecified atom stereocenters. The standard InChI is InChI=1S/C15H16O2/c1-11(12-6-4-3-5-7-12)14-9-8-13(17-2)10-15(14)16/h3-11,16H,1-2H3/t11-/m1/s1. The molecule has 0 saturated heterocycles. The summed E-state index contributed by atoms with van der Waals surface area (Å²) in [6.07, 6.45) is 0. The van der Waals surface area contributed by atoms with E-state index in [1.165, 1.54) is 5.56 Å². The van der Waals surface area contributed by atoms with Crippen LogP contribution in [0.15, 0.2) is 48.5 Å². The van der Waals surface area contributed by atoms with Crippen LogP contribution in [0.5, 0.6) is 11.5 Å². The zero-order valence-corrected chi connectivity index (χ0v) is 10.1. The highest BCUT2D eigenvalue weighted by Crippen LogP contribution is 2.33. The first-order chi connectivity index (χ1) is 8.22. The summed E-state index contributed by atoms with van der Waals surface area (Å²) in [4.78, 5) is 0. The van der Waals surface area contributed by atoms with Crippen LogP contribution in [0.3, 0.4) is 0 Å². The summed E-state index contributed by atoms with van der Waals surface area (Å²) in [5, 5.41) is 9.97. The SMILES string of the molecule is COc1ccc([C@H](C)c2ccccc2)c(O)c1. The molecule has 1 atom stereocenters. The largest absolute Gasteiger partial charge is 0.508 e. The monoisotopic (exact) mass is 228 g/mol. The number of benzene rings is 2. The minimum atomic E-state index is 0.169. The highest BCUT2D eigenvalue weighted by atomic mass is 16.5. The van der Waals surface area contributed by atoms with Gasteiger partial charge in [0, 0.05) is 17.5 Å². The average Bonchev–Trinajstić information content (AvgIpc) is 2.39. The van der Waals surface area contributed by atoms with Crippen molar-refractivity contribution in [2.75, 3.05) is 7.11 Å². The van der Waals surface area contributed by atoms with E-state index in [4.69, 9.17) is 4.74 Å². The second-order valence-corrected chi connectivity index (χ2v) is 4.06. The van der Waals surface area contributed by atoms with Crippen molar-refractivity contribution in [3.63, 3.8) is 0 Å². The molecule has 0 aliphatic heterocycles. The third-order valence-electron chi connectivity index (χ3n) is 3.00. The van der Waals surface area contributed by atoms with Crippen LogP contribution in [0, 0.1) is 0 Å². The van der Waals surface area contributed by atoms with Gasteiger partial charge in [-0.1, -0.05) is 43.3 Å². The van der Waals surface area contributed by atoms with E-state index in [1.54, 1.807) is 13.2 Å². The molecule has 0 spiro atoms. The summed E-state index contributed by atoms with van der Waals surface area (Å²) < 4.78 is 5.08. The Hall–Kier alpha value is -1.96. The second kappa shape index (κ2) is 4.91. The van der Waals surface area contributed by atoms with E-state index in [0.717, 1.165) is 5.56 Å². The lowest BCUT2D eigenvalue weighted by Gasteiger charge is -2.14. The fourth-order valence-corrected chi connectivity index (χ4v) is 1.94. The molecule has 0 fully saturated rings. The zero-order valence-electron chi connectivity index (χ0n) is 10.1. The maximum Gasteiger partial charge on any atom is 0.123 e. The molecule has 2 nitrogen and oxygen atoms in total. The third kappa shape index (κ3) is 2.41. The van der Waals surface area contributed by atoms with Crippen molar-refractivity contribution in [1.82, 2.24) is 0 Å². The fourth-order valence-electron chi connectivity index (χ4n) is 1.94. The molecule has 0 aliphatic carbocycles. The Balaban J connectivity index is 2.34.